The Morgan fingerprint density at radius 2 is 1.79 bits per heavy atom. The van der Waals surface area contributed by atoms with E-state index in [4.69, 9.17) is 0 Å². The average Bonchev–Trinajstić information content (AvgIpc) is 2.08. The molecular weight excluding hydrogens is 192 g/mol. The molecule has 0 aliphatic rings. The lowest BCUT2D eigenvalue weighted by atomic mass is 10.0. The Morgan fingerprint density at radius 1 is 1.14 bits per heavy atom. The molecule has 0 N–H and O–H groups in total. The number of rotatable bonds is 8. The fraction of sp³-hybridized carbons (Fsp3) is 0.917. The smallest absolute Gasteiger partial charge is 0.129 e. The van der Waals surface area contributed by atoms with Crippen molar-refractivity contribution in [1.29, 1.82) is 0 Å². The lowest BCUT2D eigenvalue weighted by Gasteiger charge is -2.11. The van der Waals surface area contributed by atoms with Crippen LogP contribution in [0.2, 0.25) is 0 Å². The van der Waals surface area contributed by atoms with Crippen LogP contribution in [0.4, 0.5) is 0 Å². The Kier molecular flexibility index (Phi) is 8.35. The molecular formula is C12H24OS. The molecule has 0 aliphatic heterocycles. The van der Waals surface area contributed by atoms with E-state index in [0.717, 1.165) is 31.6 Å². The Morgan fingerprint density at radius 3 is 2.29 bits per heavy atom. The normalized spacial score (nSPS) is 13.2. The van der Waals surface area contributed by atoms with Crippen LogP contribution in [-0.4, -0.2) is 11.0 Å². The summed E-state index contributed by atoms with van der Waals surface area (Å²) in [5, 5.41) is 0.532. The zero-order chi connectivity index (χ0) is 11.0. The summed E-state index contributed by atoms with van der Waals surface area (Å²) in [6.45, 7) is 6.16. The third kappa shape index (κ3) is 10.1. The predicted octanol–water partition coefficient (Wildman–Crippen LogP) is 3.87. The number of unbranched alkanes of at least 4 members (excludes halogenated alkanes) is 1. The van der Waals surface area contributed by atoms with Crippen LogP contribution in [0.3, 0.4) is 0 Å². The second kappa shape index (κ2) is 8.34. The van der Waals surface area contributed by atoms with Gasteiger partial charge in [-0.3, -0.25) is 0 Å². The molecule has 1 nitrogen and oxygen atoms in total. The van der Waals surface area contributed by atoms with Crippen molar-refractivity contribution in [3.63, 3.8) is 0 Å². The Hall–Kier alpha value is 0.0200. The molecule has 0 aromatic rings. The average molecular weight is 216 g/mol. The monoisotopic (exact) mass is 216 g/mol. The van der Waals surface area contributed by atoms with Gasteiger partial charge >= 0.3 is 0 Å². The molecule has 0 aromatic heterocycles. The Balaban J connectivity index is 3.26. The molecule has 0 aliphatic carbocycles. The van der Waals surface area contributed by atoms with Crippen LogP contribution < -0.4 is 0 Å². The molecule has 1 atom stereocenters. The molecule has 0 spiro atoms. The number of ketones is 1. The lowest BCUT2D eigenvalue weighted by molar-refractivity contribution is -0.117. The van der Waals surface area contributed by atoms with Gasteiger partial charge in [0, 0.05) is 11.7 Å². The maximum absolute atomic E-state index is 10.7. The van der Waals surface area contributed by atoms with Crippen LogP contribution in [0.25, 0.3) is 0 Å². The lowest BCUT2D eigenvalue weighted by Crippen LogP contribution is -2.01. The second-order valence-corrected chi connectivity index (χ2v) is 5.30. The second-order valence-electron chi connectivity index (χ2n) is 4.57. The third-order valence-corrected chi connectivity index (χ3v) is 2.91. The summed E-state index contributed by atoms with van der Waals surface area (Å²) in [4.78, 5) is 10.7. The maximum Gasteiger partial charge on any atom is 0.129 e. The van der Waals surface area contributed by atoms with Gasteiger partial charge < -0.3 is 4.79 Å². The molecule has 0 aromatic carbocycles. The van der Waals surface area contributed by atoms with E-state index in [1.807, 2.05) is 0 Å². The van der Waals surface area contributed by atoms with Gasteiger partial charge in [-0.05, 0) is 38.5 Å². The molecule has 0 amide bonds. The molecule has 0 bridgehead atoms. The SMILES string of the molecule is CC(=O)CCCCC(S)CCC(C)C. The topological polar surface area (TPSA) is 17.1 Å². The molecule has 0 saturated carbocycles. The van der Waals surface area contributed by atoms with Crippen molar-refractivity contribution in [2.24, 2.45) is 5.92 Å². The van der Waals surface area contributed by atoms with Crippen molar-refractivity contribution >= 4 is 18.4 Å². The number of hydrogen-bond acceptors (Lipinski definition) is 2. The summed E-state index contributed by atoms with van der Waals surface area (Å²) < 4.78 is 0. The van der Waals surface area contributed by atoms with E-state index in [1.165, 1.54) is 12.8 Å². The van der Waals surface area contributed by atoms with Crippen LogP contribution in [0.1, 0.15) is 59.3 Å². The molecule has 0 rings (SSSR count). The van der Waals surface area contributed by atoms with Crippen LogP contribution >= 0.6 is 12.6 Å². The minimum Gasteiger partial charge on any atom is -0.300 e. The molecule has 1 unspecified atom stereocenters. The molecule has 0 heterocycles. The quantitative estimate of drug-likeness (QED) is 0.481. The summed E-state index contributed by atoms with van der Waals surface area (Å²) in [6, 6.07) is 0. The third-order valence-electron chi connectivity index (χ3n) is 2.39. The fourth-order valence-corrected chi connectivity index (χ4v) is 1.76. The van der Waals surface area contributed by atoms with Gasteiger partial charge in [-0.15, -0.1) is 0 Å². The van der Waals surface area contributed by atoms with E-state index in [9.17, 15) is 4.79 Å². The highest BCUT2D eigenvalue weighted by atomic mass is 32.1. The van der Waals surface area contributed by atoms with Gasteiger partial charge in [0.25, 0.3) is 0 Å². The van der Waals surface area contributed by atoms with Crippen molar-refractivity contribution in [3.8, 4) is 0 Å². The van der Waals surface area contributed by atoms with Gasteiger partial charge in [-0.25, -0.2) is 0 Å². The van der Waals surface area contributed by atoms with Crippen molar-refractivity contribution in [2.75, 3.05) is 0 Å². The number of hydrogen-bond donors (Lipinski definition) is 1. The zero-order valence-electron chi connectivity index (χ0n) is 9.75. The Bertz CT molecular complexity index is 154. The van der Waals surface area contributed by atoms with Crippen molar-refractivity contribution in [2.45, 2.75) is 64.5 Å². The van der Waals surface area contributed by atoms with E-state index in [0.29, 0.717) is 11.0 Å². The minimum absolute atomic E-state index is 0.308. The highest BCUT2D eigenvalue weighted by Gasteiger charge is 2.04. The predicted molar refractivity (Wildman–Crippen MR) is 66.0 cm³/mol. The summed E-state index contributed by atoms with van der Waals surface area (Å²) >= 11 is 4.54. The van der Waals surface area contributed by atoms with Gasteiger partial charge in [-0.1, -0.05) is 20.3 Å². The van der Waals surface area contributed by atoms with Crippen LogP contribution in [0.15, 0.2) is 0 Å². The fourth-order valence-electron chi connectivity index (χ4n) is 1.42. The van der Waals surface area contributed by atoms with E-state index in [-0.39, 0.29) is 0 Å². The minimum atomic E-state index is 0.308. The zero-order valence-corrected chi connectivity index (χ0v) is 10.6. The van der Waals surface area contributed by atoms with E-state index in [2.05, 4.69) is 26.5 Å². The molecule has 0 fully saturated rings. The van der Waals surface area contributed by atoms with Crippen LogP contribution in [0.5, 0.6) is 0 Å². The summed E-state index contributed by atoms with van der Waals surface area (Å²) in [5.41, 5.74) is 0. The van der Waals surface area contributed by atoms with Gasteiger partial charge in [0.1, 0.15) is 5.78 Å². The maximum atomic E-state index is 10.7. The first-order valence-electron chi connectivity index (χ1n) is 5.70. The van der Waals surface area contributed by atoms with Gasteiger partial charge in [0.05, 0.1) is 0 Å². The van der Waals surface area contributed by atoms with Crippen LogP contribution in [0, 0.1) is 5.92 Å². The van der Waals surface area contributed by atoms with E-state index < -0.39 is 0 Å². The molecule has 84 valence electrons. The Labute approximate surface area is 94.1 Å². The highest BCUT2D eigenvalue weighted by molar-refractivity contribution is 7.80. The number of Topliss-reactive ketones (excluding diaryl/α,β-unsaturated/α-hetero) is 1. The first-order valence-corrected chi connectivity index (χ1v) is 6.21. The highest BCUT2D eigenvalue weighted by Crippen LogP contribution is 2.16. The molecule has 2 heteroatoms. The summed E-state index contributed by atoms with van der Waals surface area (Å²) in [6.07, 6.45) is 6.55. The van der Waals surface area contributed by atoms with Gasteiger partial charge in [-0.2, -0.15) is 12.6 Å². The van der Waals surface area contributed by atoms with Crippen LogP contribution in [-0.2, 0) is 4.79 Å². The van der Waals surface area contributed by atoms with Crippen molar-refractivity contribution < 1.29 is 4.79 Å². The number of thiol groups is 1. The number of carbonyl (C=O) groups is 1. The standard InChI is InChI=1S/C12H24OS/c1-10(2)8-9-12(14)7-5-4-6-11(3)13/h10,12,14H,4-9H2,1-3H3. The van der Waals surface area contributed by atoms with Crippen molar-refractivity contribution in [3.05, 3.63) is 0 Å². The molecule has 14 heavy (non-hydrogen) atoms. The van der Waals surface area contributed by atoms with Gasteiger partial charge in [0.15, 0.2) is 0 Å². The first kappa shape index (κ1) is 14.0. The molecule has 0 radical (unpaired) electrons. The number of carbonyl (C=O) groups excluding carboxylic acids is 1. The van der Waals surface area contributed by atoms with E-state index >= 15 is 0 Å². The molecule has 0 saturated heterocycles. The summed E-state index contributed by atoms with van der Waals surface area (Å²) in [7, 11) is 0. The van der Waals surface area contributed by atoms with Gasteiger partial charge in [0.2, 0.25) is 0 Å². The first-order chi connectivity index (χ1) is 6.52. The summed E-state index contributed by atoms with van der Waals surface area (Å²) in [5.74, 6) is 1.09. The van der Waals surface area contributed by atoms with E-state index in [1.54, 1.807) is 6.92 Å². The largest absolute Gasteiger partial charge is 0.300 e. The van der Waals surface area contributed by atoms with Crippen molar-refractivity contribution in [1.82, 2.24) is 0 Å².